The van der Waals surface area contributed by atoms with Gasteiger partial charge in [-0.3, -0.25) is 0 Å². The molecule has 0 bridgehead atoms. The smallest absolute Gasteiger partial charge is 0.116 e. The van der Waals surface area contributed by atoms with Crippen LogP contribution in [0.25, 0.3) is 0 Å². The summed E-state index contributed by atoms with van der Waals surface area (Å²) < 4.78 is 12.6. The van der Waals surface area contributed by atoms with Crippen LogP contribution < -0.4 is 0 Å². The Kier molecular flexibility index (Phi) is 2.91. The fraction of sp³-hybridized carbons (Fsp3) is 1.00. The fourth-order valence-electron chi connectivity index (χ4n) is 1.45. The second-order valence-corrected chi connectivity index (χ2v) is 3.48. The molecule has 0 aromatic rings. The Morgan fingerprint density at radius 1 is 1.22 bits per heavy atom. The molecule has 0 spiro atoms. The maximum absolute atomic E-state index is 12.6. The third-order valence-electron chi connectivity index (χ3n) is 2.10. The van der Waals surface area contributed by atoms with Gasteiger partial charge >= 0.3 is 0 Å². The molecule has 1 aliphatic carbocycles. The van der Waals surface area contributed by atoms with Crippen LogP contribution in [0.3, 0.4) is 0 Å². The lowest BCUT2D eigenvalue weighted by Crippen LogP contribution is -2.13. The molecule has 0 heterocycles. The zero-order valence-electron chi connectivity index (χ0n) is 5.65. The Morgan fingerprint density at radius 2 is 1.78 bits per heavy atom. The molecule has 2 unspecified atom stereocenters. The van der Waals surface area contributed by atoms with Gasteiger partial charge in [0.25, 0.3) is 0 Å². The Hall–Kier alpha value is 0.360. The zero-order valence-corrected chi connectivity index (χ0v) is 6.80. The predicted octanol–water partition coefficient (Wildman–Crippen LogP) is 2.74. The molecule has 0 nitrogen and oxygen atoms in total. The normalized spacial score (nSPS) is 26.0. The van der Waals surface area contributed by atoms with E-state index in [0.717, 1.165) is 12.8 Å². The van der Waals surface area contributed by atoms with Crippen LogP contribution in [0, 0.1) is 5.92 Å². The summed E-state index contributed by atoms with van der Waals surface area (Å²) in [6, 6.07) is 0. The quantitative estimate of drug-likeness (QED) is 0.501. The molecule has 0 saturated heterocycles. The molecule has 0 aliphatic heterocycles. The van der Waals surface area contributed by atoms with Crippen LogP contribution in [-0.4, -0.2) is 5.91 Å². The number of rotatable bonds is 1. The van der Waals surface area contributed by atoms with E-state index in [0.29, 0.717) is 5.92 Å². The van der Waals surface area contributed by atoms with E-state index in [1.165, 1.54) is 19.3 Å². The van der Waals surface area contributed by atoms with Crippen LogP contribution in [0.4, 0.5) is 4.39 Å². The molecule has 0 radical (unpaired) electrons. The lowest BCUT2D eigenvalue weighted by Gasteiger charge is -2.21. The third kappa shape index (κ3) is 2.21. The van der Waals surface area contributed by atoms with Crippen molar-refractivity contribution >= 4 is 9.24 Å². The van der Waals surface area contributed by atoms with E-state index in [9.17, 15) is 4.39 Å². The van der Waals surface area contributed by atoms with Gasteiger partial charge in [0.2, 0.25) is 0 Å². The number of hydrogen-bond acceptors (Lipinski definition) is 0. The summed E-state index contributed by atoms with van der Waals surface area (Å²) in [5.41, 5.74) is 0. The van der Waals surface area contributed by atoms with E-state index in [1.54, 1.807) is 0 Å². The van der Waals surface area contributed by atoms with Gasteiger partial charge in [-0.15, -0.1) is 9.24 Å². The third-order valence-corrected chi connectivity index (χ3v) is 2.64. The number of halogens is 1. The van der Waals surface area contributed by atoms with Gasteiger partial charge in [-0.2, -0.15) is 0 Å². The highest BCUT2D eigenvalue weighted by Crippen LogP contribution is 2.30. The summed E-state index contributed by atoms with van der Waals surface area (Å²) in [5, 5.41) is 0. The van der Waals surface area contributed by atoms with E-state index < -0.39 is 5.91 Å². The topological polar surface area (TPSA) is 0 Å². The second kappa shape index (κ2) is 3.51. The molecule has 0 N–H and O–H groups in total. The van der Waals surface area contributed by atoms with E-state index in [1.807, 2.05) is 0 Å². The minimum atomic E-state index is -0.648. The van der Waals surface area contributed by atoms with Crippen molar-refractivity contribution in [2.45, 2.75) is 38.0 Å². The van der Waals surface area contributed by atoms with Gasteiger partial charge < -0.3 is 0 Å². The van der Waals surface area contributed by atoms with Crippen molar-refractivity contribution in [3.05, 3.63) is 0 Å². The first kappa shape index (κ1) is 7.47. The van der Waals surface area contributed by atoms with Crippen molar-refractivity contribution in [1.29, 1.82) is 0 Å². The van der Waals surface area contributed by atoms with E-state index in [4.69, 9.17) is 0 Å². The molecular formula is C7H14FP. The molecule has 0 amide bonds. The highest BCUT2D eigenvalue weighted by molar-refractivity contribution is 7.17. The summed E-state index contributed by atoms with van der Waals surface area (Å²) in [7, 11) is 2.26. The lowest BCUT2D eigenvalue weighted by molar-refractivity contribution is 0.253. The van der Waals surface area contributed by atoms with Crippen LogP contribution >= 0.6 is 9.24 Å². The highest BCUT2D eigenvalue weighted by atomic mass is 31.0. The van der Waals surface area contributed by atoms with Gasteiger partial charge in [0.05, 0.1) is 0 Å². The average Bonchev–Trinajstić information content (AvgIpc) is 1.90. The molecule has 1 fully saturated rings. The van der Waals surface area contributed by atoms with Crippen molar-refractivity contribution in [1.82, 2.24) is 0 Å². The number of hydrogen-bond donors (Lipinski definition) is 0. The molecule has 1 rings (SSSR count). The Balaban J connectivity index is 2.23. The molecule has 54 valence electrons. The summed E-state index contributed by atoms with van der Waals surface area (Å²) in [6.45, 7) is 0. The van der Waals surface area contributed by atoms with Gasteiger partial charge in [0.15, 0.2) is 0 Å². The largest absolute Gasteiger partial charge is 0.243 e. The Morgan fingerprint density at radius 3 is 2.11 bits per heavy atom. The van der Waals surface area contributed by atoms with Gasteiger partial charge in [-0.05, 0) is 18.8 Å². The average molecular weight is 148 g/mol. The van der Waals surface area contributed by atoms with Gasteiger partial charge in [-0.25, -0.2) is 4.39 Å². The second-order valence-electron chi connectivity index (χ2n) is 2.84. The summed E-state index contributed by atoms with van der Waals surface area (Å²) in [5.74, 6) is -0.297. The van der Waals surface area contributed by atoms with Crippen LogP contribution in [0.15, 0.2) is 0 Å². The molecule has 9 heavy (non-hydrogen) atoms. The van der Waals surface area contributed by atoms with Crippen LogP contribution in [0.5, 0.6) is 0 Å². The maximum atomic E-state index is 12.6. The minimum Gasteiger partial charge on any atom is -0.243 e. The first-order chi connectivity index (χ1) is 4.30. The van der Waals surface area contributed by atoms with Crippen LogP contribution in [0.1, 0.15) is 32.1 Å². The summed E-state index contributed by atoms with van der Waals surface area (Å²) >= 11 is 0. The molecule has 2 atom stereocenters. The minimum absolute atomic E-state index is 0.351. The van der Waals surface area contributed by atoms with Crippen molar-refractivity contribution in [2.75, 3.05) is 0 Å². The first-order valence-electron chi connectivity index (χ1n) is 3.70. The molecule has 0 aromatic heterocycles. The standard InChI is InChI=1S/C7H14FP/c8-7(9)6-4-2-1-3-5-6/h6-7H,1-5,9H2. The molecule has 2 heteroatoms. The number of alkyl halides is 1. The van der Waals surface area contributed by atoms with E-state index in [-0.39, 0.29) is 0 Å². The zero-order chi connectivity index (χ0) is 6.69. The molecule has 1 aliphatic rings. The maximum Gasteiger partial charge on any atom is 0.116 e. The highest BCUT2D eigenvalue weighted by Gasteiger charge is 2.18. The van der Waals surface area contributed by atoms with E-state index in [2.05, 4.69) is 9.24 Å². The molecule has 0 aromatic carbocycles. The predicted molar refractivity (Wildman–Crippen MR) is 41.2 cm³/mol. The van der Waals surface area contributed by atoms with E-state index >= 15 is 0 Å². The first-order valence-corrected chi connectivity index (χ1v) is 4.37. The lowest BCUT2D eigenvalue weighted by atomic mass is 9.90. The monoisotopic (exact) mass is 148 g/mol. The molecular weight excluding hydrogens is 134 g/mol. The Bertz CT molecular complexity index is 77.0. The van der Waals surface area contributed by atoms with Gasteiger partial charge in [0.1, 0.15) is 5.91 Å². The SMILES string of the molecule is FC(P)C1CCCCC1. The summed E-state index contributed by atoms with van der Waals surface area (Å²) in [6.07, 6.45) is 5.99. The van der Waals surface area contributed by atoms with Crippen LogP contribution in [0.2, 0.25) is 0 Å². The summed E-state index contributed by atoms with van der Waals surface area (Å²) in [4.78, 5) is 0. The van der Waals surface area contributed by atoms with Gasteiger partial charge in [0, 0.05) is 0 Å². The van der Waals surface area contributed by atoms with Gasteiger partial charge in [-0.1, -0.05) is 19.3 Å². The Labute approximate surface area is 58.4 Å². The fourth-order valence-corrected chi connectivity index (χ4v) is 1.84. The van der Waals surface area contributed by atoms with Crippen molar-refractivity contribution in [3.8, 4) is 0 Å². The van der Waals surface area contributed by atoms with Crippen molar-refractivity contribution < 1.29 is 4.39 Å². The van der Waals surface area contributed by atoms with Crippen molar-refractivity contribution in [2.24, 2.45) is 5.92 Å². The van der Waals surface area contributed by atoms with Crippen molar-refractivity contribution in [3.63, 3.8) is 0 Å². The molecule has 1 saturated carbocycles. The van der Waals surface area contributed by atoms with Crippen LogP contribution in [-0.2, 0) is 0 Å².